The lowest BCUT2D eigenvalue weighted by Crippen LogP contribution is -2.62. The molecule has 114 valence electrons. The fraction of sp³-hybridized carbons (Fsp3) is 0.429. The van der Waals surface area contributed by atoms with Crippen LogP contribution in [0.1, 0.15) is 26.7 Å². The Morgan fingerprint density at radius 2 is 1.95 bits per heavy atom. The quantitative estimate of drug-likeness (QED) is 0.842. The molecular formula is C14H15BrF2N2O2. The number of carbonyl (C=O) groups excluding carboxylic acids is 2. The molecule has 2 rings (SSSR count). The van der Waals surface area contributed by atoms with E-state index >= 15 is 0 Å². The predicted molar refractivity (Wildman–Crippen MR) is 77.8 cm³/mol. The summed E-state index contributed by atoms with van der Waals surface area (Å²) in [7, 11) is 0. The molecule has 2 amide bonds. The van der Waals surface area contributed by atoms with Crippen LogP contribution in [-0.2, 0) is 9.59 Å². The molecule has 0 aliphatic carbocycles. The highest BCUT2D eigenvalue weighted by atomic mass is 79.9. The Balaban J connectivity index is 2.46. The second-order valence-electron chi connectivity index (χ2n) is 4.95. The van der Waals surface area contributed by atoms with Crippen molar-refractivity contribution in [3.05, 3.63) is 28.2 Å². The van der Waals surface area contributed by atoms with E-state index in [1.165, 1.54) is 13.0 Å². The van der Waals surface area contributed by atoms with Gasteiger partial charge in [0.05, 0.1) is 10.2 Å². The summed E-state index contributed by atoms with van der Waals surface area (Å²) in [6, 6.07) is 0.348. The van der Waals surface area contributed by atoms with Gasteiger partial charge in [-0.25, -0.2) is 8.78 Å². The summed E-state index contributed by atoms with van der Waals surface area (Å²) in [4.78, 5) is 25.5. The zero-order valence-corrected chi connectivity index (χ0v) is 13.2. The molecule has 1 heterocycles. The Morgan fingerprint density at radius 1 is 1.29 bits per heavy atom. The monoisotopic (exact) mass is 360 g/mol. The van der Waals surface area contributed by atoms with E-state index in [-0.39, 0.29) is 22.0 Å². The van der Waals surface area contributed by atoms with Gasteiger partial charge in [0.2, 0.25) is 11.8 Å². The first-order chi connectivity index (χ1) is 9.86. The van der Waals surface area contributed by atoms with Gasteiger partial charge < -0.3 is 5.32 Å². The van der Waals surface area contributed by atoms with Crippen LogP contribution < -0.4 is 10.2 Å². The van der Waals surface area contributed by atoms with Gasteiger partial charge in [-0.05, 0) is 35.3 Å². The van der Waals surface area contributed by atoms with E-state index in [9.17, 15) is 18.4 Å². The van der Waals surface area contributed by atoms with Crippen molar-refractivity contribution in [3.63, 3.8) is 0 Å². The number of hydrogen-bond acceptors (Lipinski definition) is 2. The normalized spacial score (nSPS) is 22.4. The molecule has 1 fully saturated rings. The molecule has 1 N–H and O–H groups in total. The number of benzene rings is 1. The van der Waals surface area contributed by atoms with E-state index in [1.807, 2.05) is 6.92 Å². The van der Waals surface area contributed by atoms with Gasteiger partial charge >= 0.3 is 0 Å². The molecule has 0 radical (unpaired) electrons. The molecule has 0 saturated carbocycles. The minimum absolute atomic E-state index is 0.0388. The van der Waals surface area contributed by atoms with E-state index in [4.69, 9.17) is 0 Å². The van der Waals surface area contributed by atoms with Crippen molar-refractivity contribution in [2.75, 3.05) is 4.90 Å². The number of nitrogens with one attached hydrogen (secondary N) is 1. The van der Waals surface area contributed by atoms with Crippen LogP contribution in [0.15, 0.2) is 16.6 Å². The van der Waals surface area contributed by atoms with Gasteiger partial charge in [-0.2, -0.15) is 0 Å². The molecule has 4 nitrogen and oxygen atoms in total. The lowest BCUT2D eigenvalue weighted by Gasteiger charge is -2.37. The second-order valence-corrected chi connectivity index (χ2v) is 5.81. The topological polar surface area (TPSA) is 49.4 Å². The van der Waals surface area contributed by atoms with Crippen LogP contribution in [0.4, 0.5) is 14.5 Å². The van der Waals surface area contributed by atoms with E-state index in [2.05, 4.69) is 21.2 Å². The SMILES string of the molecule is CCCC1NC(=O)C(C)N(c2cc(Br)c(F)cc2F)C1=O. The molecule has 1 aliphatic heterocycles. The maximum atomic E-state index is 14.0. The molecule has 1 saturated heterocycles. The number of nitrogens with zero attached hydrogens (tertiary/aromatic N) is 1. The maximum Gasteiger partial charge on any atom is 0.250 e. The number of hydrogen-bond donors (Lipinski definition) is 1. The van der Waals surface area contributed by atoms with E-state index < -0.39 is 23.7 Å². The molecular weight excluding hydrogens is 346 g/mol. The number of carbonyl (C=O) groups is 2. The zero-order valence-electron chi connectivity index (χ0n) is 11.6. The van der Waals surface area contributed by atoms with E-state index in [1.54, 1.807) is 0 Å². The van der Waals surface area contributed by atoms with Crippen molar-refractivity contribution in [2.45, 2.75) is 38.8 Å². The highest BCUT2D eigenvalue weighted by molar-refractivity contribution is 9.10. The van der Waals surface area contributed by atoms with Crippen LogP contribution in [0.3, 0.4) is 0 Å². The van der Waals surface area contributed by atoms with Crippen LogP contribution >= 0.6 is 15.9 Å². The van der Waals surface area contributed by atoms with Gasteiger partial charge in [-0.1, -0.05) is 13.3 Å². The fourth-order valence-electron chi connectivity index (χ4n) is 2.34. The van der Waals surface area contributed by atoms with Gasteiger partial charge in [0.25, 0.3) is 0 Å². The van der Waals surface area contributed by atoms with Gasteiger partial charge in [0.15, 0.2) is 0 Å². The lowest BCUT2D eigenvalue weighted by molar-refractivity contribution is -0.133. The van der Waals surface area contributed by atoms with Crippen molar-refractivity contribution < 1.29 is 18.4 Å². The molecule has 7 heteroatoms. The number of amides is 2. The highest BCUT2D eigenvalue weighted by Crippen LogP contribution is 2.30. The maximum absolute atomic E-state index is 14.0. The van der Waals surface area contributed by atoms with Crippen molar-refractivity contribution in [2.24, 2.45) is 0 Å². The lowest BCUT2D eigenvalue weighted by atomic mass is 10.0. The summed E-state index contributed by atoms with van der Waals surface area (Å²) in [5.41, 5.74) is -0.100. The van der Waals surface area contributed by atoms with Crippen molar-refractivity contribution in [1.82, 2.24) is 5.32 Å². The number of anilines is 1. The molecule has 0 aromatic heterocycles. The van der Waals surface area contributed by atoms with Gasteiger partial charge in [0.1, 0.15) is 23.7 Å². The number of rotatable bonds is 3. The van der Waals surface area contributed by atoms with Crippen LogP contribution in [0.25, 0.3) is 0 Å². The first-order valence-electron chi connectivity index (χ1n) is 6.64. The standard InChI is InChI=1S/C14H15BrF2N2O2/c1-3-4-11-14(21)19(7(2)13(20)18-11)12-5-8(15)9(16)6-10(12)17/h5-7,11H,3-4H2,1-2H3,(H,18,20). The summed E-state index contributed by atoms with van der Waals surface area (Å²) in [5.74, 6) is -2.38. The van der Waals surface area contributed by atoms with Crippen LogP contribution in [0, 0.1) is 11.6 Å². The molecule has 1 aromatic rings. The third-order valence-corrected chi connectivity index (χ3v) is 4.05. The first kappa shape index (κ1) is 15.9. The first-order valence-corrected chi connectivity index (χ1v) is 7.44. The minimum Gasteiger partial charge on any atom is -0.342 e. The van der Waals surface area contributed by atoms with Crippen LogP contribution in [-0.4, -0.2) is 23.9 Å². The van der Waals surface area contributed by atoms with E-state index in [0.717, 1.165) is 4.90 Å². The summed E-state index contributed by atoms with van der Waals surface area (Å²) in [5, 5.41) is 2.62. The Hall–Kier alpha value is -1.50. The summed E-state index contributed by atoms with van der Waals surface area (Å²) in [6.07, 6.45) is 1.17. The molecule has 0 spiro atoms. The van der Waals surface area contributed by atoms with Crippen LogP contribution in [0.5, 0.6) is 0 Å². The second kappa shape index (κ2) is 6.09. The Morgan fingerprint density at radius 3 is 2.57 bits per heavy atom. The summed E-state index contributed by atoms with van der Waals surface area (Å²) in [6.45, 7) is 3.39. The van der Waals surface area contributed by atoms with Crippen LogP contribution in [0.2, 0.25) is 0 Å². The average molecular weight is 361 g/mol. The molecule has 2 atom stereocenters. The molecule has 0 bridgehead atoms. The van der Waals surface area contributed by atoms with Crippen molar-refractivity contribution in [1.29, 1.82) is 0 Å². The smallest absolute Gasteiger partial charge is 0.250 e. The average Bonchev–Trinajstić information content (AvgIpc) is 2.42. The largest absolute Gasteiger partial charge is 0.342 e. The molecule has 1 aliphatic rings. The molecule has 1 aromatic carbocycles. The van der Waals surface area contributed by atoms with Gasteiger partial charge in [-0.3, -0.25) is 14.5 Å². The summed E-state index contributed by atoms with van der Waals surface area (Å²) < 4.78 is 27.4. The number of piperazine rings is 1. The Bertz CT molecular complexity index is 595. The molecule has 2 unspecified atom stereocenters. The van der Waals surface area contributed by atoms with Crippen molar-refractivity contribution >= 4 is 33.4 Å². The highest BCUT2D eigenvalue weighted by Gasteiger charge is 2.39. The zero-order chi connectivity index (χ0) is 15.7. The number of halogens is 3. The van der Waals surface area contributed by atoms with Gasteiger partial charge in [-0.15, -0.1) is 0 Å². The molecule has 21 heavy (non-hydrogen) atoms. The third-order valence-electron chi connectivity index (χ3n) is 3.45. The van der Waals surface area contributed by atoms with Gasteiger partial charge in [0, 0.05) is 6.07 Å². The fourth-order valence-corrected chi connectivity index (χ4v) is 2.67. The Labute approximate surface area is 129 Å². The predicted octanol–water partition coefficient (Wildman–Crippen LogP) is 2.75. The van der Waals surface area contributed by atoms with Crippen molar-refractivity contribution in [3.8, 4) is 0 Å². The minimum atomic E-state index is -0.874. The summed E-state index contributed by atoms with van der Waals surface area (Å²) >= 11 is 2.97. The third kappa shape index (κ3) is 2.92. The van der Waals surface area contributed by atoms with E-state index in [0.29, 0.717) is 18.9 Å². The Kier molecular flexibility index (Phi) is 4.61.